The summed E-state index contributed by atoms with van der Waals surface area (Å²) in [7, 11) is 0. The molecule has 1 aromatic carbocycles. The molecule has 0 unspecified atom stereocenters. The molecular weight excluding hydrogens is 200 g/mol. The summed E-state index contributed by atoms with van der Waals surface area (Å²) < 4.78 is 9.39. The van der Waals surface area contributed by atoms with Crippen molar-refractivity contribution < 1.29 is 24.2 Å². The molecule has 1 N–H and O–H groups in total. The summed E-state index contributed by atoms with van der Waals surface area (Å²) in [5.74, 6) is -1.07. The molecule has 0 saturated heterocycles. The van der Waals surface area contributed by atoms with Crippen LogP contribution in [0.4, 0.5) is 0 Å². The summed E-state index contributed by atoms with van der Waals surface area (Å²) in [5, 5.41) is 9.38. The lowest BCUT2D eigenvalue weighted by Crippen LogP contribution is -2.03. The number of carbonyl (C=O) groups is 2. The molecule has 15 heavy (non-hydrogen) atoms. The van der Waals surface area contributed by atoms with Crippen molar-refractivity contribution >= 4 is 11.9 Å². The minimum atomic E-state index is -0.537. The van der Waals surface area contributed by atoms with Crippen LogP contribution in [0.3, 0.4) is 0 Å². The van der Waals surface area contributed by atoms with E-state index >= 15 is 0 Å². The highest BCUT2D eigenvalue weighted by molar-refractivity contribution is 5.71. The fourth-order valence-electron chi connectivity index (χ4n) is 0.968. The molecule has 0 atom stereocenters. The van der Waals surface area contributed by atoms with Crippen molar-refractivity contribution in [1.29, 1.82) is 0 Å². The topological polar surface area (TPSA) is 72.8 Å². The van der Waals surface area contributed by atoms with Gasteiger partial charge in [-0.25, -0.2) is 0 Å². The molecule has 0 heterocycles. The van der Waals surface area contributed by atoms with E-state index in [0.717, 1.165) is 0 Å². The van der Waals surface area contributed by atoms with Crippen LogP contribution in [0.25, 0.3) is 0 Å². The molecule has 0 aliphatic rings. The second-order valence-electron chi connectivity index (χ2n) is 2.82. The zero-order valence-electron chi connectivity index (χ0n) is 8.31. The molecule has 0 saturated carbocycles. The normalized spacial score (nSPS) is 9.47. The van der Waals surface area contributed by atoms with Crippen molar-refractivity contribution in [2.75, 3.05) is 0 Å². The summed E-state index contributed by atoms with van der Waals surface area (Å²) in [6.45, 7) is 2.47. The van der Waals surface area contributed by atoms with Gasteiger partial charge in [-0.2, -0.15) is 0 Å². The maximum Gasteiger partial charge on any atom is 0.308 e. The Labute approximate surface area is 86.2 Å². The molecule has 5 heteroatoms. The van der Waals surface area contributed by atoms with Crippen molar-refractivity contribution in [3.8, 4) is 17.2 Å². The van der Waals surface area contributed by atoms with Gasteiger partial charge in [0.05, 0.1) is 0 Å². The van der Waals surface area contributed by atoms with Gasteiger partial charge in [0.2, 0.25) is 0 Å². The predicted molar refractivity (Wildman–Crippen MR) is 50.7 cm³/mol. The molecule has 0 radical (unpaired) electrons. The van der Waals surface area contributed by atoms with E-state index in [4.69, 9.17) is 4.74 Å². The van der Waals surface area contributed by atoms with E-state index in [-0.39, 0.29) is 17.2 Å². The van der Waals surface area contributed by atoms with Crippen LogP contribution in [0.1, 0.15) is 13.8 Å². The number of phenolic OH excluding ortho intramolecular Hbond substituents is 1. The Morgan fingerprint density at radius 3 is 2.20 bits per heavy atom. The van der Waals surface area contributed by atoms with Crippen LogP contribution in [-0.2, 0) is 9.59 Å². The molecule has 1 rings (SSSR count). The first-order valence-corrected chi connectivity index (χ1v) is 4.19. The predicted octanol–water partition coefficient (Wildman–Crippen LogP) is 1.24. The monoisotopic (exact) mass is 210 g/mol. The Morgan fingerprint density at radius 1 is 1.13 bits per heavy atom. The van der Waals surface area contributed by atoms with Crippen molar-refractivity contribution in [3.63, 3.8) is 0 Å². The Morgan fingerprint density at radius 2 is 1.73 bits per heavy atom. The number of rotatable bonds is 2. The average Bonchev–Trinajstić information content (AvgIpc) is 2.08. The molecule has 80 valence electrons. The maximum atomic E-state index is 10.6. The van der Waals surface area contributed by atoms with Crippen LogP contribution in [0.2, 0.25) is 0 Å². The average molecular weight is 210 g/mol. The van der Waals surface area contributed by atoms with Crippen LogP contribution in [0.15, 0.2) is 18.2 Å². The molecular formula is C10H10O5. The van der Waals surface area contributed by atoms with Gasteiger partial charge in [0.25, 0.3) is 0 Å². The number of hydrogen-bond donors (Lipinski definition) is 1. The molecule has 0 fully saturated rings. The highest BCUT2D eigenvalue weighted by Crippen LogP contribution is 2.30. The lowest BCUT2D eigenvalue weighted by Gasteiger charge is -2.06. The Bertz CT molecular complexity index is 397. The van der Waals surface area contributed by atoms with Crippen LogP contribution in [-0.4, -0.2) is 17.0 Å². The quantitative estimate of drug-likeness (QED) is 0.587. The smallest absolute Gasteiger partial charge is 0.308 e. The zero-order chi connectivity index (χ0) is 11.4. The molecule has 0 aliphatic heterocycles. The summed E-state index contributed by atoms with van der Waals surface area (Å²) in [6, 6.07) is 3.95. The fraction of sp³-hybridized carbons (Fsp3) is 0.200. The second kappa shape index (κ2) is 4.45. The SMILES string of the molecule is CC(=O)Oc1ccc(OC(C)=O)c(O)c1. The lowest BCUT2D eigenvalue weighted by atomic mass is 10.3. The van der Waals surface area contributed by atoms with Crippen LogP contribution < -0.4 is 9.47 Å². The third-order valence-electron chi connectivity index (χ3n) is 1.45. The highest BCUT2D eigenvalue weighted by Gasteiger charge is 2.07. The van der Waals surface area contributed by atoms with Crippen LogP contribution >= 0.6 is 0 Å². The van der Waals surface area contributed by atoms with Gasteiger partial charge in [-0.1, -0.05) is 0 Å². The van der Waals surface area contributed by atoms with Gasteiger partial charge in [-0.3, -0.25) is 9.59 Å². The zero-order valence-corrected chi connectivity index (χ0v) is 8.31. The molecule has 0 amide bonds. The number of benzene rings is 1. The Kier molecular flexibility index (Phi) is 3.28. The van der Waals surface area contributed by atoms with Gasteiger partial charge in [0.15, 0.2) is 11.5 Å². The molecule has 0 aromatic heterocycles. The number of ether oxygens (including phenoxy) is 2. The van der Waals surface area contributed by atoms with E-state index in [2.05, 4.69) is 4.74 Å². The van der Waals surface area contributed by atoms with Gasteiger partial charge in [-0.05, 0) is 12.1 Å². The van der Waals surface area contributed by atoms with Crippen LogP contribution in [0.5, 0.6) is 17.2 Å². The van der Waals surface area contributed by atoms with Crippen molar-refractivity contribution in [2.45, 2.75) is 13.8 Å². The van der Waals surface area contributed by atoms with Crippen molar-refractivity contribution in [2.24, 2.45) is 0 Å². The molecule has 0 aliphatic carbocycles. The van der Waals surface area contributed by atoms with E-state index in [1.54, 1.807) is 0 Å². The van der Waals surface area contributed by atoms with Crippen molar-refractivity contribution in [3.05, 3.63) is 18.2 Å². The van der Waals surface area contributed by atoms with Crippen molar-refractivity contribution in [1.82, 2.24) is 0 Å². The van der Waals surface area contributed by atoms with E-state index < -0.39 is 11.9 Å². The van der Waals surface area contributed by atoms with E-state index in [1.807, 2.05) is 0 Å². The number of hydrogen-bond acceptors (Lipinski definition) is 5. The minimum absolute atomic E-state index is 0.0263. The largest absolute Gasteiger partial charge is 0.504 e. The molecule has 1 aromatic rings. The highest BCUT2D eigenvalue weighted by atomic mass is 16.5. The van der Waals surface area contributed by atoms with Crippen LogP contribution in [0, 0.1) is 0 Å². The summed E-state index contributed by atoms with van der Waals surface area (Å²) >= 11 is 0. The standard InChI is InChI=1S/C10H10O5/c1-6(11)14-8-3-4-10(9(13)5-8)15-7(2)12/h3-5,13H,1-2H3. The number of aromatic hydroxyl groups is 1. The number of phenols is 1. The molecule has 5 nitrogen and oxygen atoms in total. The first-order chi connectivity index (χ1) is 6.99. The summed E-state index contributed by atoms with van der Waals surface area (Å²) in [6.07, 6.45) is 0. The molecule has 0 spiro atoms. The van der Waals surface area contributed by atoms with Gasteiger partial charge < -0.3 is 14.6 Å². The van der Waals surface area contributed by atoms with Gasteiger partial charge >= 0.3 is 11.9 Å². The lowest BCUT2D eigenvalue weighted by molar-refractivity contribution is -0.133. The van der Waals surface area contributed by atoms with E-state index in [9.17, 15) is 14.7 Å². The van der Waals surface area contributed by atoms with E-state index in [1.165, 1.54) is 32.0 Å². The first kappa shape index (κ1) is 11.0. The fourth-order valence-corrected chi connectivity index (χ4v) is 0.968. The second-order valence-corrected chi connectivity index (χ2v) is 2.82. The third kappa shape index (κ3) is 3.30. The summed E-state index contributed by atoms with van der Waals surface area (Å²) in [5.41, 5.74) is 0. The Balaban J connectivity index is 2.87. The third-order valence-corrected chi connectivity index (χ3v) is 1.45. The van der Waals surface area contributed by atoms with Gasteiger partial charge in [-0.15, -0.1) is 0 Å². The Hall–Kier alpha value is -2.04. The molecule has 0 bridgehead atoms. The van der Waals surface area contributed by atoms with E-state index in [0.29, 0.717) is 0 Å². The first-order valence-electron chi connectivity index (χ1n) is 4.19. The van der Waals surface area contributed by atoms with Gasteiger partial charge in [0, 0.05) is 19.9 Å². The number of carbonyl (C=O) groups excluding carboxylic acids is 2. The maximum absolute atomic E-state index is 10.6. The number of esters is 2. The van der Waals surface area contributed by atoms with Gasteiger partial charge in [0.1, 0.15) is 5.75 Å². The minimum Gasteiger partial charge on any atom is -0.504 e. The summed E-state index contributed by atoms with van der Waals surface area (Å²) in [4.78, 5) is 21.2.